The Morgan fingerprint density at radius 2 is 1.76 bits per heavy atom. The highest BCUT2D eigenvalue weighted by atomic mass is 16.5. The summed E-state index contributed by atoms with van der Waals surface area (Å²) < 4.78 is 6.59. The van der Waals surface area contributed by atoms with Crippen LogP contribution < -0.4 is 26.4 Å². The van der Waals surface area contributed by atoms with E-state index in [9.17, 15) is 0 Å². The third-order valence-corrected chi connectivity index (χ3v) is 9.57. The highest BCUT2D eigenvalue weighted by molar-refractivity contribution is 6.99. The summed E-state index contributed by atoms with van der Waals surface area (Å²) in [6.07, 6.45) is 13.0. The van der Waals surface area contributed by atoms with Crippen LogP contribution in [0.25, 0.3) is 0 Å². The molecule has 2 aliphatic heterocycles. The second kappa shape index (κ2) is 7.10. The third-order valence-electron chi connectivity index (χ3n) is 9.57. The fraction of sp³-hybridized carbons (Fsp3) is 0.448. The lowest BCUT2D eigenvalue weighted by Crippen LogP contribution is -2.59. The minimum absolute atomic E-state index is 0.126. The normalized spacial score (nSPS) is 26.4. The second-order valence-corrected chi connectivity index (χ2v) is 11.4. The Labute approximate surface area is 201 Å². The number of rotatable bonds is 2. The number of benzene rings is 2. The Morgan fingerprint density at radius 1 is 0.912 bits per heavy atom. The molecule has 5 aliphatic rings. The number of nitrogens with one attached hydrogen (secondary N) is 1. The van der Waals surface area contributed by atoms with E-state index in [1.54, 1.807) is 0 Å². The highest BCUT2D eigenvalue weighted by Crippen LogP contribution is 2.54. The van der Waals surface area contributed by atoms with Gasteiger partial charge in [0.2, 0.25) is 5.88 Å². The van der Waals surface area contributed by atoms with Gasteiger partial charge in [0.25, 0.3) is 6.71 Å². The average molecular weight is 447 g/mol. The van der Waals surface area contributed by atoms with Crippen LogP contribution in [-0.4, -0.2) is 16.7 Å². The van der Waals surface area contributed by atoms with Crippen LogP contribution in [0.1, 0.15) is 81.5 Å². The fourth-order valence-electron chi connectivity index (χ4n) is 7.77. The number of fused-ring (bicyclic) bond motifs is 6. The van der Waals surface area contributed by atoms with Gasteiger partial charge in [0.1, 0.15) is 17.4 Å². The van der Waals surface area contributed by atoms with E-state index >= 15 is 0 Å². The summed E-state index contributed by atoms with van der Waals surface area (Å²) in [4.78, 5) is 10.4. The largest absolute Gasteiger partial charge is 0.440 e. The lowest BCUT2D eigenvalue weighted by Gasteiger charge is -2.35. The van der Waals surface area contributed by atoms with Crippen LogP contribution >= 0.6 is 0 Å². The molecule has 2 aromatic carbocycles. The van der Waals surface area contributed by atoms with E-state index in [1.807, 2.05) is 0 Å². The fourth-order valence-corrected chi connectivity index (χ4v) is 7.77. The van der Waals surface area contributed by atoms with E-state index in [4.69, 9.17) is 14.7 Å². The van der Waals surface area contributed by atoms with Crippen molar-refractivity contribution >= 4 is 34.6 Å². The molecule has 1 N–H and O–H groups in total. The van der Waals surface area contributed by atoms with E-state index in [0.29, 0.717) is 5.92 Å². The first-order valence-corrected chi connectivity index (χ1v) is 13.4. The topological polar surface area (TPSA) is 47.0 Å². The van der Waals surface area contributed by atoms with Gasteiger partial charge in [-0.2, -0.15) is 4.98 Å². The van der Waals surface area contributed by atoms with Crippen LogP contribution in [0, 0.1) is 5.92 Å². The number of nitrogens with zero attached hydrogens (tertiary/aromatic N) is 2. The molecule has 170 valence electrons. The van der Waals surface area contributed by atoms with Gasteiger partial charge in [-0.1, -0.05) is 49.6 Å². The summed E-state index contributed by atoms with van der Waals surface area (Å²) in [6, 6.07) is 15.7. The average Bonchev–Trinajstić information content (AvgIpc) is 3.51. The predicted octanol–water partition coefficient (Wildman–Crippen LogP) is 5.03. The van der Waals surface area contributed by atoms with E-state index in [-0.39, 0.29) is 12.1 Å². The first-order valence-electron chi connectivity index (χ1n) is 13.4. The molecule has 8 rings (SSSR count). The van der Waals surface area contributed by atoms with E-state index in [1.165, 1.54) is 86.4 Å². The monoisotopic (exact) mass is 447 g/mol. The highest BCUT2D eigenvalue weighted by Gasteiger charge is 2.50. The molecule has 0 spiro atoms. The van der Waals surface area contributed by atoms with Gasteiger partial charge in [0, 0.05) is 16.6 Å². The molecule has 1 aromatic heterocycles. The minimum Gasteiger partial charge on any atom is -0.440 e. The van der Waals surface area contributed by atoms with Crippen LogP contribution in [0.5, 0.6) is 11.6 Å². The van der Waals surface area contributed by atoms with Crippen molar-refractivity contribution in [1.82, 2.24) is 9.97 Å². The van der Waals surface area contributed by atoms with Crippen LogP contribution in [-0.2, 0) is 5.41 Å². The van der Waals surface area contributed by atoms with Crippen LogP contribution in [0.3, 0.4) is 0 Å². The Bertz CT molecular complexity index is 1290. The van der Waals surface area contributed by atoms with Crippen LogP contribution in [0.4, 0.5) is 11.5 Å². The summed E-state index contributed by atoms with van der Waals surface area (Å²) in [5.41, 5.74) is 6.50. The molecule has 5 heteroatoms. The number of aromatic nitrogens is 2. The zero-order chi connectivity index (χ0) is 22.3. The third kappa shape index (κ3) is 2.73. The molecule has 0 saturated heterocycles. The number of para-hydroxylation sites is 1. The number of hydrogen-bond donors (Lipinski definition) is 1. The standard InChI is InChI=1S/C29H30BN3O/c1-2-6-19(7-3-1)20-10-11-24-22(16-20)30-21-8-4-5-9-23(21)31-26-25(30)27(34-24)33-28(32-26)29-14-12-18(17-29)13-15-29/h4-5,8-11,16,18-19H,1-3,6-7,12-15,17H2,(H,31,32,33). The smallest absolute Gasteiger partial charge is 0.260 e. The van der Waals surface area contributed by atoms with Crippen molar-refractivity contribution in [3.8, 4) is 11.6 Å². The maximum Gasteiger partial charge on any atom is 0.260 e. The lowest BCUT2D eigenvalue weighted by atomic mass is 9.34. The van der Waals surface area contributed by atoms with Gasteiger partial charge in [-0.15, -0.1) is 0 Å². The van der Waals surface area contributed by atoms with Crippen molar-refractivity contribution in [3.63, 3.8) is 0 Å². The van der Waals surface area contributed by atoms with E-state index in [2.05, 4.69) is 47.8 Å². The Hall–Kier alpha value is -2.82. The zero-order valence-electron chi connectivity index (χ0n) is 19.6. The number of anilines is 2. The minimum atomic E-state index is 0.126. The molecule has 3 aliphatic carbocycles. The van der Waals surface area contributed by atoms with Crippen molar-refractivity contribution in [3.05, 3.63) is 53.9 Å². The first kappa shape index (κ1) is 19.5. The maximum atomic E-state index is 6.59. The molecule has 4 nitrogen and oxygen atoms in total. The van der Waals surface area contributed by atoms with Crippen molar-refractivity contribution in [2.75, 3.05) is 5.32 Å². The van der Waals surface area contributed by atoms with Crippen molar-refractivity contribution < 1.29 is 4.74 Å². The molecule has 3 aromatic rings. The van der Waals surface area contributed by atoms with E-state index < -0.39 is 0 Å². The van der Waals surface area contributed by atoms with Crippen LogP contribution in [0.2, 0.25) is 0 Å². The Balaban J connectivity index is 1.30. The summed E-state index contributed by atoms with van der Waals surface area (Å²) in [5.74, 6) is 5.24. The van der Waals surface area contributed by atoms with Crippen molar-refractivity contribution in [2.24, 2.45) is 5.92 Å². The molecule has 3 saturated carbocycles. The predicted molar refractivity (Wildman–Crippen MR) is 137 cm³/mol. The first-order chi connectivity index (χ1) is 16.8. The van der Waals surface area contributed by atoms with Gasteiger partial charge < -0.3 is 10.1 Å². The van der Waals surface area contributed by atoms with Gasteiger partial charge >= 0.3 is 0 Å². The molecular formula is C29H30BN3O. The van der Waals surface area contributed by atoms with Gasteiger partial charge in [0.05, 0.1) is 0 Å². The van der Waals surface area contributed by atoms with Gasteiger partial charge in [-0.3, -0.25) is 0 Å². The van der Waals surface area contributed by atoms with Crippen molar-refractivity contribution in [2.45, 2.75) is 75.5 Å². The van der Waals surface area contributed by atoms with Gasteiger partial charge in [0.15, 0.2) is 0 Å². The van der Waals surface area contributed by atoms with Gasteiger partial charge in [-0.05, 0) is 85.4 Å². The molecule has 2 bridgehead atoms. The molecule has 0 amide bonds. The maximum absolute atomic E-state index is 6.59. The van der Waals surface area contributed by atoms with Crippen LogP contribution in [0.15, 0.2) is 42.5 Å². The molecular weight excluding hydrogens is 417 g/mol. The summed E-state index contributed by atoms with van der Waals surface area (Å²) in [6.45, 7) is 0.126. The molecule has 3 heterocycles. The lowest BCUT2D eigenvalue weighted by molar-refractivity contribution is 0.387. The van der Waals surface area contributed by atoms with Crippen molar-refractivity contribution in [1.29, 1.82) is 0 Å². The molecule has 34 heavy (non-hydrogen) atoms. The number of ether oxygens (including phenoxy) is 1. The summed E-state index contributed by atoms with van der Waals surface area (Å²) >= 11 is 0. The summed E-state index contributed by atoms with van der Waals surface area (Å²) in [7, 11) is 0. The van der Waals surface area contributed by atoms with Gasteiger partial charge in [-0.25, -0.2) is 4.98 Å². The Kier molecular flexibility index (Phi) is 4.07. The second-order valence-electron chi connectivity index (χ2n) is 11.4. The zero-order valence-corrected chi connectivity index (χ0v) is 19.6. The molecule has 0 radical (unpaired) electrons. The molecule has 0 atom stereocenters. The number of hydrogen-bond acceptors (Lipinski definition) is 4. The Morgan fingerprint density at radius 3 is 2.59 bits per heavy atom. The summed E-state index contributed by atoms with van der Waals surface area (Å²) in [5, 5.41) is 3.68. The quantitative estimate of drug-likeness (QED) is 0.386. The molecule has 3 fully saturated rings. The molecule has 0 unspecified atom stereocenters. The van der Waals surface area contributed by atoms with E-state index in [0.717, 1.165) is 34.7 Å². The SMILES string of the molecule is c1ccc2c(c1)Nc1nc(C34CCC(CC3)C4)nc3c1B2c1cc(C2CCCCC2)ccc1O3.